The molecule has 6 rings (SSSR count). The Labute approximate surface area is 219 Å². The number of nitrogens with one attached hydrogen (secondary N) is 1. The van der Waals surface area contributed by atoms with Gasteiger partial charge in [0.2, 0.25) is 5.91 Å². The van der Waals surface area contributed by atoms with Crippen LogP contribution in [0.1, 0.15) is 29.3 Å². The molecule has 1 amide bonds. The number of amides is 1. The van der Waals surface area contributed by atoms with Gasteiger partial charge in [0.1, 0.15) is 40.1 Å². The van der Waals surface area contributed by atoms with Gasteiger partial charge in [0, 0.05) is 25.0 Å². The second-order valence-corrected chi connectivity index (χ2v) is 9.45. The number of rotatable bonds is 4. The first-order chi connectivity index (χ1) is 18.1. The van der Waals surface area contributed by atoms with Gasteiger partial charge in [-0.15, -0.1) is 0 Å². The van der Waals surface area contributed by atoms with Gasteiger partial charge in [0.25, 0.3) is 0 Å². The number of hydrogen-bond donors (Lipinski definition) is 3. The number of benzene rings is 2. The molecule has 9 nitrogen and oxygen atoms in total. The van der Waals surface area contributed by atoms with Gasteiger partial charge in [-0.05, 0) is 48.4 Å². The second-order valence-electron chi connectivity index (χ2n) is 9.04. The quantitative estimate of drug-likeness (QED) is 0.314. The number of aromatic hydroxyl groups is 1. The molecule has 0 saturated carbocycles. The van der Waals surface area contributed by atoms with E-state index in [9.17, 15) is 18.7 Å². The van der Waals surface area contributed by atoms with Gasteiger partial charge in [-0.1, -0.05) is 17.7 Å². The van der Waals surface area contributed by atoms with Crippen LogP contribution < -0.4 is 11.1 Å². The number of halogens is 3. The zero-order valence-electron chi connectivity index (χ0n) is 19.7. The fourth-order valence-corrected chi connectivity index (χ4v) is 4.82. The number of nitrogens with zero attached hydrogens (tertiary/aromatic N) is 5. The Morgan fingerprint density at radius 1 is 1.16 bits per heavy atom. The molecule has 0 spiro atoms. The largest absolute Gasteiger partial charge is 0.506 e. The maximum Gasteiger partial charge on any atom is 0.240 e. The number of carbonyl (C=O) groups is 1. The number of nitrogens with two attached hydrogens (primary N) is 1. The molecule has 2 aromatic carbocycles. The van der Waals surface area contributed by atoms with Crippen molar-refractivity contribution in [1.29, 1.82) is 0 Å². The standard InChI is InChI=1S/C26H18ClF2N7O2/c1-26(13-2-4-15(27)19(37)10-13)20-21(30)33-22(34-23(20)35-25(26)38)18-11-36-7-6-31-24(36)17(32-18)9-12-8-14(28)3-5-16(12)29/h2-8,10-11,37H,9H2,1H3,(H3,30,33,34,35,38)/t26-/m1/s1. The van der Waals surface area contributed by atoms with E-state index in [0.29, 0.717) is 22.5 Å². The van der Waals surface area contributed by atoms with E-state index in [1.54, 1.807) is 36.0 Å². The maximum atomic E-state index is 14.4. The van der Waals surface area contributed by atoms with E-state index >= 15 is 0 Å². The van der Waals surface area contributed by atoms with Crippen molar-refractivity contribution < 1.29 is 18.7 Å². The Morgan fingerprint density at radius 3 is 2.76 bits per heavy atom. The van der Waals surface area contributed by atoms with Crippen LogP contribution in [0.25, 0.3) is 17.2 Å². The molecule has 0 bridgehead atoms. The Morgan fingerprint density at radius 2 is 1.97 bits per heavy atom. The monoisotopic (exact) mass is 533 g/mol. The molecular weight excluding hydrogens is 516 g/mol. The number of aromatic nitrogens is 5. The van der Waals surface area contributed by atoms with Gasteiger partial charge < -0.3 is 20.6 Å². The van der Waals surface area contributed by atoms with E-state index in [1.807, 2.05) is 0 Å². The van der Waals surface area contributed by atoms with Crippen molar-refractivity contribution >= 4 is 34.8 Å². The lowest BCUT2D eigenvalue weighted by Crippen LogP contribution is -2.32. The zero-order chi connectivity index (χ0) is 26.8. The fourth-order valence-electron chi connectivity index (χ4n) is 4.70. The molecule has 190 valence electrons. The van der Waals surface area contributed by atoms with Crippen LogP contribution >= 0.6 is 11.6 Å². The number of anilines is 2. The molecule has 0 radical (unpaired) electrons. The van der Waals surface area contributed by atoms with E-state index in [-0.39, 0.29) is 45.9 Å². The van der Waals surface area contributed by atoms with Crippen LogP contribution in [0, 0.1) is 11.6 Å². The Balaban J connectivity index is 1.47. The fraction of sp³-hybridized carbons (Fsp3) is 0.115. The molecular formula is C26H18ClF2N7O2. The third-order valence-corrected chi connectivity index (χ3v) is 7.00. The van der Waals surface area contributed by atoms with Crippen LogP contribution in [-0.2, 0) is 16.6 Å². The summed E-state index contributed by atoms with van der Waals surface area (Å²) in [6.07, 6.45) is 4.82. The molecule has 1 aliphatic rings. The van der Waals surface area contributed by atoms with Crippen LogP contribution in [0.5, 0.6) is 5.75 Å². The molecule has 5 aromatic rings. The highest BCUT2D eigenvalue weighted by molar-refractivity contribution is 6.32. The highest BCUT2D eigenvalue weighted by Gasteiger charge is 2.47. The molecule has 1 atom stereocenters. The average Bonchev–Trinajstić information content (AvgIpc) is 3.46. The number of nitrogen functional groups attached to an aromatic ring is 1. The van der Waals surface area contributed by atoms with Gasteiger partial charge >= 0.3 is 0 Å². The van der Waals surface area contributed by atoms with Crippen LogP contribution in [0.15, 0.2) is 55.0 Å². The third-order valence-electron chi connectivity index (χ3n) is 6.68. The summed E-state index contributed by atoms with van der Waals surface area (Å²) >= 11 is 5.95. The van der Waals surface area contributed by atoms with Gasteiger partial charge in [0.05, 0.1) is 16.3 Å². The van der Waals surface area contributed by atoms with Crippen molar-refractivity contribution in [2.24, 2.45) is 0 Å². The lowest BCUT2D eigenvalue weighted by atomic mass is 9.77. The summed E-state index contributed by atoms with van der Waals surface area (Å²) in [4.78, 5) is 31.0. The van der Waals surface area contributed by atoms with Crippen molar-refractivity contribution in [1.82, 2.24) is 24.3 Å². The predicted molar refractivity (Wildman–Crippen MR) is 136 cm³/mol. The highest BCUT2D eigenvalue weighted by Crippen LogP contribution is 2.46. The number of fused-ring (bicyclic) bond motifs is 2. The number of carbonyl (C=O) groups excluding carboxylic acids is 1. The van der Waals surface area contributed by atoms with Crippen molar-refractivity contribution in [3.63, 3.8) is 0 Å². The van der Waals surface area contributed by atoms with Gasteiger partial charge in [-0.3, -0.25) is 4.79 Å². The Bertz CT molecular complexity index is 1790. The molecule has 1 aliphatic heterocycles. The lowest BCUT2D eigenvalue weighted by molar-refractivity contribution is -0.119. The Kier molecular flexibility index (Phi) is 5.28. The smallest absolute Gasteiger partial charge is 0.240 e. The molecule has 0 saturated heterocycles. The summed E-state index contributed by atoms with van der Waals surface area (Å²) in [7, 11) is 0. The Hall–Kier alpha value is -4.64. The van der Waals surface area contributed by atoms with Crippen molar-refractivity contribution in [3.05, 3.63) is 94.0 Å². The van der Waals surface area contributed by atoms with Gasteiger partial charge in [0.15, 0.2) is 11.5 Å². The second kappa shape index (κ2) is 8.45. The van der Waals surface area contributed by atoms with E-state index in [1.165, 1.54) is 12.1 Å². The minimum absolute atomic E-state index is 0.0329. The van der Waals surface area contributed by atoms with E-state index in [2.05, 4.69) is 25.3 Å². The predicted octanol–water partition coefficient (Wildman–Crippen LogP) is 4.25. The van der Waals surface area contributed by atoms with Crippen LogP contribution in [-0.4, -0.2) is 35.4 Å². The first-order valence-corrected chi connectivity index (χ1v) is 11.8. The summed E-state index contributed by atoms with van der Waals surface area (Å²) in [5, 5.41) is 13.0. The van der Waals surface area contributed by atoms with Crippen LogP contribution in [0.2, 0.25) is 5.02 Å². The maximum absolute atomic E-state index is 14.4. The highest BCUT2D eigenvalue weighted by atomic mass is 35.5. The molecule has 3 aromatic heterocycles. The molecule has 4 N–H and O–H groups in total. The minimum atomic E-state index is -1.29. The average molecular weight is 534 g/mol. The molecule has 4 heterocycles. The summed E-state index contributed by atoms with van der Waals surface area (Å²) in [6.45, 7) is 1.65. The van der Waals surface area contributed by atoms with E-state index in [0.717, 1.165) is 18.2 Å². The van der Waals surface area contributed by atoms with Crippen molar-refractivity contribution in [2.75, 3.05) is 11.1 Å². The molecule has 38 heavy (non-hydrogen) atoms. The topological polar surface area (TPSA) is 131 Å². The third kappa shape index (κ3) is 3.62. The number of imidazole rings is 1. The van der Waals surface area contributed by atoms with Crippen molar-refractivity contribution in [2.45, 2.75) is 18.8 Å². The van der Waals surface area contributed by atoms with E-state index < -0.39 is 23.0 Å². The number of phenolic OH excluding ortho intramolecular Hbond substituents is 1. The summed E-state index contributed by atoms with van der Waals surface area (Å²) in [6, 6.07) is 7.72. The molecule has 0 fully saturated rings. The summed E-state index contributed by atoms with van der Waals surface area (Å²) in [5.41, 5.74) is 7.10. The zero-order valence-corrected chi connectivity index (χ0v) is 20.5. The van der Waals surface area contributed by atoms with Crippen LogP contribution in [0.4, 0.5) is 20.4 Å². The first-order valence-electron chi connectivity index (χ1n) is 11.4. The van der Waals surface area contributed by atoms with Gasteiger partial charge in [-0.25, -0.2) is 28.7 Å². The number of phenols is 1. The molecule has 12 heteroatoms. The molecule has 0 aliphatic carbocycles. The number of hydrogen-bond acceptors (Lipinski definition) is 7. The molecule has 0 unspecified atom stereocenters. The first kappa shape index (κ1) is 23.7. The van der Waals surface area contributed by atoms with E-state index in [4.69, 9.17) is 17.3 Å². The van der Waals surface area contributed by atoms with Crippen LogP contribution in [0.3, 0.4) is 0 Å². The van der Waals surface area contributed by atoms with Gasteiger partial charge in [-0.2, -0.15) is 0 Å². The summed E-state index contributed by atoms with van der Waals surface area (Å²) in [5.74, 6) is -1.39. The normalized spacial score (nSPS) is 16.6. The lowest BCUT2D eigenvalue weighted by Gasteiger charge is -2.23. The minimum Gasteiger partial charge on any atom is -0.506 e. The summed E-state index contributed by atoms with van der Waals surface area (Å²) < 4.78 is 29.8. The SMILES string of the molecule is C[C@]1(c2ccc(Cl)c(O)c2)C(=O)Nc2nc(-c3cn4ccnc4c(Cc4cc(F)ccc4F)n3)nc(N)c21. The van der Waals surface area contributed by atoms with Crippen molar-refractivity contribution in [3.8, 4) is 17.3 Å².